The summed E-state index contributed by atoms with van der Waals surface area (Å²) in [5, 5.41) is 0. The monoisotopic (exact) mass is 345 g/mol. The molecule has 2 aromatic carbocycles. The van der Waals surface area contributed by atoms with Gasteiger partial charge < -0.3 is 9.64 Å². The number of carbonyl (C=O) groups is 1. The van der Waals surface area contributed by atoms with Crippen molar-refractivity contribution in [1.29, 1.82) is 0 Å². The molecular formula is C20H21F2NO2. The predicted octanol–water partition coefficient (Wildman–Crippen LogP) is 4.29. The second kappa shape index (κ2) is 8.10. The largest absolute Gasteiger partial charge is 0.493 e. The van der Waals surface area contributed by atoms with Gasteiger partial charge in [0.1, 0.15) is 17.4 Å². The van der Waals surface area contributed by atoms with Crippen molar-refractivity contribution in [2.75, 3.05) is 19.7 Å². The Balaban J connectivity index is 1.43. The molecule has 0 atom stereocenters. The maximum atomic E-state index is 13.3. The quantitative estimate of drug-likeness (QED) is 0.809. The highest BCUT2D eigenvalue weighted by Crippen LogP contribution is 2.23. The molecule has 3 nitrogen and oxygen atoms in total. The highest BCUT2D eigenvalue weighted by atomic mass is 19.1. The molecule has 1 aliphatic heterocycles. The van der Waals surface area contributed by atoms with Crippen molar-refractivity contribution in [3.63, 3.8) is 0 Å². The van der Waals surface area contributed by atoms with E-state index in [1.165, 1.54) is 24.3 Å². The minimum atomic E-state index is -0.393. The van der Waals surface area contributed by atoms with Gasteiger partial charge in [0.15, 0.2) is 0 Å². The SMILES string of the molecule is O=C(c1cccc(F)c1)N1CCC(CCOc2cccc(F)c2)CC1. The van der Waals surface area contributed by atoms with Crippen LogP contribution in [-0.2, 0) is 0 Å². The van der Waals surface area contributed by atoms with Crippen molar-refractivity contribution in [2.24, 2.45) is 5.92 Å². The van der Waals surface area contributed by atoms with Crippen molar-refractivity contribution in [2.45, 2.75) is 19.3 Å². The predicted molar refractivity (Wildman–Crippen MR) is 91.5 cm³/mol. The molecule has 0 saturated carbocycles. The zero-order valence-corrected chi connectivity index (χ0v) is 14.0. The molecule has 3 rings (SSSR count). The third-order valence-corrected chi connectivity index (χ3v) is 4.56. The minimum absolute atomic E-state index is 0.117. The van der Waals surface area contributed by atoms with Crippen LogP contribution in [0.2, 0.25) is 0 Å². The maximum Gasteiger partial charge on any atom is 0.253 e. The van der Waals surface area contributed by atoms with Crippen LogP contribution in [0.5, 0.6) is 5.75 Å². The van der Waals surface area contributed by atoms with Crippen molar-refractivity contribution in [1.82, 2.24) is 4.90 Å². The smallest absolute Gasteiger partial charge is 0.253 e. The molecule has 1 saturated heterocycles. The molecule has 0 unspecified atom stereocenters. The number of hydrogen-bond acceptors (Lipinski definition) is 2. The molecule has 0 N–H and O–H groups in total. The van der Waals surface area contributed by atoms with Crippen molar-refractivity contribution < 1.29 is 18.3 Å². The highest BCUT2D eigenvalue weighted by molar-refractivity contribution is 5.94. The number of ether oxygens (including phenoxy) is 1. The van der Waals surface area contributed by atoms with E-state index in [4.69, 9.17) is 4.74 Å². The molecule has 2 aromatic rings. The van der Waals surface area contributed by atoms with E-state index >= 15 is 0 Å². The van der Waals surface area contributed by atoms with E-state index in [2.05, 4.69) is 0 Å². The summed E-state index contributed by atoms with van der Waals surface area (Å²) in [6.45, 7) is 1.87. The van der Waals surface area contributed by atoms with Gasteiger partial charge in [-0.2, -0.15) is 0 Å². The summed E-state index contributed by atoms with van der Waals surface area (Å²) in [5.41, 5.74) is 0.396. The molecule has 1 amide bonds. The summed E-state index contributed by atoms with van der Waals surface area (Å²) in [4.78, 5) is 14.2. The summed E-state index contributed by atoms with van der Waals surface area (Å²) in [6.07, 6.45) is 2.67. The first-order valence-corrected chi connectivity index (χ1v) is 8.55. The van der Waals surface area contributed by atoms with E-state index in [0.717, 1.165) is 19.3 Å². The van der Waals surface area contributed by atoms with Crippen LogP contribution in [0.1, 0.15) is 29.6 Å². The lowest BCUT2D eigenvalue weighted by molar-refractivity contribution is 0.0679. The van der Waals surface area contributed by atoms with Crippen molar-refractivity contribution in [3.05, 3.63) is 65.7 Å². The van der Waals surface area contributed by atoms with Gasteiger partial charge in [0.05, 0.1) is 6.61 Å². The third-order valence-electron chi connectivity index (χ3n) is 4.56. The summed E-state index contributed by atoms with van der Waals surface area (Å²) < 4.78 is 31.9. The highest BCUT2D eigenvalue weighted by Gasteiger charge is 2.23. The summed E-state index contributed by atoms with van der Waals surface area (Å²) in [5.74, 6) is 0.203. The molecule has 0 spiro atoms. The normalized spacial score (nSPS) is 15.2. The van der Waals surface area contributed by atoms with E-state index in [9.17, 15) is 13.6 Å². The number of halogens is 2. The Kier molecular flexibility index (Phi) is 5.64. The molecular weight excluding hydrogens is 324 g/mol. The third kappa shape index (κ3) is 4.78. The van der Waals surface area contributed by atoms with Gasteiger partial charge in [0, 0.05) is 24.7 Å². The van der Waals surface area contributed by atoms with Gasteiger partial charge in [0.25, 0.3) is 5.91 Å². The lowest BCUT2D eigenvalue weighted by atomic mass is 9.93. The van der Waals surface area contributed by atoms with E-state index in [-0.39, 0.29) is 11.7 Å². The first kappa shape index (κ1) is 17.4. The fourth-order valence-electron chi connectivity index (χ4n) is 3.13. The average Bonchev–Trinajstić information content (AvgIpc) is 2.62. The van der Waals surface area contributed by atoms with Gasteiger partial charge in [-0.25, -0.2) is 8.78 Å². The first-order valence-electron chi connectivity index (χ1n) is 8.55. The van der Waals surface area contributed by atoms with Crippen LogP contribution in [0, 0.1) is 17.6 Å². The van der Waals surface area contributed by atoms with Crippen molar-refractivity contribution >= 4 is 5.91 Å². The zero-order chi connectivity index (χ0) is 17.6. The molecule has 1 fully saturated rings. The summed E-state index contributed by atoms with van der Waals surface area (Å²) >= 11 is 0. The van der Waals surface area contributed by atoms with Gasteiger partial charge in [-0.3, -0.25) is 4.79 Å². The topological polar surface area (TPSA) is 29.5 Å². The van der Waals surface area contributed by atoms with Crippen molar-refractivity contribution in [3.8, 4) is 5.75 Å². The van der Waals surface area contributed by atoms with E-state index in [1.54, 1.807) is 29.2 Å². The number of hydrogen-bond donors (Lipinski definition) is 0. The number of benzene rings is 2. The minimum Gasteiger partial charge on any atom is -0.493 e. The molecule has 5 heteroatoms. The van der Waals surface area contributed by atoms with Gasteiger partial charge in [0.2, 0.25) is 0 Å². The fourth-order valence-corrected chi connectivity index (χ4v) is 3.13. The molecule has 0 bridgehead atoms. The Labute approximate surface area is 146 Å². The van der Waals surface area contributed by atoms with Crippen LogP contribution in [0.4, 0.5) is 8.78 Å². The van der Waals surface area contributed by atoms with Crippen LogP contribution in [0.3, 0.4) is 0 Å². The molecule has 1 heterocycles. The van der Waals surface area contributed by atoms with Crippen LogP contribution < -0.4 is 4.74 Å². The second-order valence-corrected chi connectivity index (χ2v) is 6.34. The lowest BCUT2D eigenvalue weighted by Gasteiger charge is -2.32. The molecule has 0 radical (unpaired) electrons. The Morgan fingerprint density at radius 1 is 1.04 bits per heavy atom. The number of likely N-dealkylation sites (tertiary alicyclic amines) is 1. The van der Waals surface area contributed by atoms with Gasteiger partial charge in [-0.05, 0) is 55.5 Å². The molecule has 0 aromatic heterocycles. The lowest BCUT2D eigenvalue weighted by Crippen LogP contribution is -2.38. The molecule has 132 valence electrons. The van der Waals surface area contributed by atoms with Crippen LogP contribution in [-0.4, -0.2) is 30.5 Å². The van der Waals surface area contributed by atoms with Gasteiger partial charge in [-0.15, -0.1) is 0 Å². The molecule has 25 heavy (non-hydrogen) atoms. The maximum absolute atomic E-state index is 13.3. The summed E-state index contributed by atoms with van der Waals surface area (Å²) in [7, 11) is 0. The Morgan fingerprint density at radius 2 is 1.72 bits per heavy atom. The number of carbonyl (C=O) groups excluding carboxylic acids is 1. The van der Waals surface area contributed by atoms with Crippen LogP contribution >= 0.6 is 0 Å². The average molecular weight is 345 g/mol. The van der Waals surface area contributed by atoms with E-state index in [0.29, 0.717) is 36.9 Å². The zero-order valence-electron chi connectivity index (χ0n) is 14.0. The first-order chi connectivity index (χ1) is 12.1. The Bertz CT molecular complexity index is 727. The summed E-state index contributed by atoms with van der Waals surface area (Å²) in [6, 6.07) is 11.9. The van der Waals surface area contributed by atoms with E-state index < -0.39 is 5.82 Å². The Hall–Kier alpha value is -2.43. The molecule has 1 aliphatic rings. The van der Waals surface area contributed by atoms with Gasteiger partial charge in [-0.1, -0.05) is 12.1 Å². The second-order valence-electron chi connectivity index (χ2n) is 6.34. The molecule has 0 aliphatic carbocycles. The number of rotatable bonds is 5. The Morgan fingerprint density at radius 3 is 2.40 bits per heavy atom. The van der Waals surface area contributed by atoms with E-state index in [1.807, 2.05) is 0 Å². The number of amides is 1. The van der Waals surface area contributed by atoms with Gasteiger partial charge >= 0.3 is 0 Å². The number of nitrogens with zero attached hydrogens (tertiary/aromatic N) is 1. The number of piperidine rings is 1. The van der Waals surface area contributed by atoms with Crippen LogP contribution in [0.15, 0.2) is 48.5 Å². The van der Waals surface area contributed by atoms with Crippen LogP contribution in [0.25, 0.3) is 0 Å². The standard InChI is InChI=1S/C20H21F2NO2/c21-17-4-1-3-16(13-17)20(24)23-10-7-15(8-11-23)9-12-25-19-6-2-5-18(22)14-19/h1-6,13-15H,7-12H2. The fraction of sp³-hybridized carbons (Fsp3) is 0.350.